The van der Waals surface area contributed by atoms with Gasteiger partial charge in [-0.2, -0.15) is 0 Å². The van der Waals surface area contributed by atoms with Crippen molar-refractivity contribution in [2.24, 2.45) is 0 Å². The number of halogens is 2. The van der Waals surface area contributed by atoms with E-state index < -0.39 is 0 Å². The molecule has 138 valence electrons. The molecule has 1 N–H and O–H groups in total. The molecular formula is C20H24Cl2N4. The van der Waals surface area contributed by atoms with Gasteiger partial charge in [-0.25, -0.2) is 0 Å². The van der Waals surface area contributed by atoms with Crippen LogP contribution in [0.15, 0.2) is 36.4 Å². The van der Waals surface area contributed by atoms with Crippen molar-refractivity contribution in [3.63, 3.8) is 0 Å². The lowest BCUT2D eigenvalue weighted by atomic mass is 10.1. The van der Waals surface area contributed by atoms with Crippen LogP contribution in [-0.4, -0.2) is 51.2 Å². The number of likely N-dealkylation sites (N-methyl/N-ethyl adjacent to an activating group) is 1. The van der Waals surface area contributed by atoms with E-state index in [0.29, 0.717) is 10.0 Å². The standard InChI is InChI=1S/C20H24Cl2N4/c1-24-10-11-26(17-2-4-18(21)19(22)13-17)20-5-3-16(12-15(20)14-24)25-8-6-23-7-9-25/h2-5,12-13,23H,6-11,14H2,1H3. The molecule has 26 heavy (non-hydrogen) atoms. The smallest absolute Gasteiger partial charge is 0.0613 e. The minimum atomic E-state index is 0.594. The van der Waals surface area contributed by atoms with Gasteiger partial charge in [0, 0.05) is 62.9 Å². The molecule has 2 aromatic carbocycles. The first kappa shape index (κ1) is 17.9. The van der Waals surface area contributed by atoms with Gasteiger partial charge in [0.15, 0.2) is 0 Å². The van der Waals surface area contributed by atoms with Gasteiger partial charge in [-0.05, 0) is 49.0 Å². The minimum absolute atomic E-state index is 0.594. The molecule has 2 aliphatic heterocycles. The largest absolute Gasteiger partial charge is 0.369 e. The number of hydrogen-bond donors (Lipinski definition) is 1. The molecule has 2 aliphatic rings. The molecule has 0 bridgehead atoms. The van der Waals surface area contributed by atoms with E-state index in [4.69, 9.17) is 23.2 Å². The zero-order valence-corrected chi connectivity index (χ0v) is 16.5. The van der Waals surface area contributed by atoms with Crippen molar-refractivity contribution in [2.45, 2.75) is 6.54 Å². The second kappa shape index (κ2) is 7.65. The summed E-state index contributed by atoms with van der Waals surface area (Å²) in [4.78, 5) is 7.19. The summed E-state index contributed by atoms with van der Waals surface area (Å²) in [6.07, 6.45) is 0. The fourth-order valence-electron chi connectivity index (χ4n) is 3.76. The monoisotopic (exact) mass is 390 g/mol. The van der Waals surface area contributed by atoms with E-state index in [9.17, 15) is 0 Å². The molecular weight excluding hydrogens is 367 g/mol. The van der Waals surface area contributed by atoms with E-state index >= 15 is 0 Å². The molecule has 2 aromatic rings. The maximum atomic E-state index is 6.27. The highest BCUT2D eigenvalue weighted by Gasteiger charge is 2.21. The second-order valence-corrected chi connectivity index (χ2v) is 7.85. The SMILES string of the molecule is CN1CCN(c2ccc(Cl)c(Cl)c2)c2ccc(N3CCNCC3)cc2C1. The molecule has 0 aromatic heterocycles. The highest BCUT2D eigenvalue weighted by Crippen LogP contribution is 2.36. The van der Waals surface area contributed by atoms with Crippen LogP contribution in [0, 0.1) is 0 Å². The van der Waals surface area contributed by atoms with Crippen molar-refractivity contribution in [1.29, 1.82) is 0 Å². The molecule has 4 nitrogen and oxygen atoms in total. The first-order valence-corrected chi connectivity index (χ1v) is 9.87. The van der Waals surface area contributed by atoms with E-state index in [1.807, 2.05) is 18.2 Å². The molecule has 1 fully saturated rings. The van der Waals surface area contributed by atoms with Crippen LogP contribution >= 0.6 is 23.2 Å². The number of benzene rings is 2. The lowest BCUT2D eigenvalue weighted by Crippen LogP contribution is -2.43. The zero-order chi connectivity index (χ0) is 18.1. The van der Waals surface area contributed by atoms with Gasteiger partial charge < -0.3 is 20.0 Å². The number of anilines is 3. The topological polar surface area (TPSA) is 21.8 Å². The average molecular weight is 391 g/mol. The van der Waals surface area contributed by atoms with Gasteiger partial charge in [0.1, 0.15) is 0 Å². The Kier molecular flexibility index (Phi) is 5.28. The summed E-state index contributed by atoms with van der Waals surface area (Å²) in [7, 11) is 2.18. The summed E-state index contributed by atoms with van der Waals surface area (Å²) in [5, 5.41) is 4.61. The van der Waals surface area contributed by atoms with Crippen LogP contribution in [0.2, 0.25) is 10.0 Å². The van der Waals surface area contributed by atoms with Gasteiger partial charge in [0.05, 0.1) is 10.0 Å². The Morgan fingerprint density at radius 2 is 1.62 bits per heavy atom. The summed E-state index contributed by atoms with van der Waals surface area (Å²) in [6.45, 7) is 7.09. The van der Waals surface area contributed by atoms with Crippen LogP contribution in [0.4, 0.5) is 17.1 Å². The van der Waals surface area contributed by atoms with Gasteiger partial charge in [0.2, 0.25) is 0 Å². The molecule has 4 rings (SSSR count). The predicted octanol–water partition coefficient (Wildman–Crippen LogP) is 3.99. The Bertz CT molecular complexity index is 789. The van der Waals surface area contributed by atoms with Crippen LogP contribution in [0.1, 0.15) is 5.56 Å². The maximum absolute atomic E-state index is 6.27. The van der Waals surface area contributed by atoms with E-state index in [1.165, 1.54) is 16.9 Å². The zero-order valence-electron chi connectivity index (χ0n) is 15.0. The van der Waals surface area contributed by atoms with Crippen LogP contribution in [0.5, 0.6) is 0 Å². The number of hydrogen-bond acceptors (Lipinski definition) is 4. The van der Waals surface area contributed by atoms with Gasteiger partial charge in [-0.15, -0.1) is 0 Å². The lowest BCUT2D eigenvalue weighted by Gasteiger charge is -2.31. The number of rotatable bonds is 2. The molecule has 2 heterocycles. The molecule has 0 amide bonds. The highest BCUT2D eigenvalue weighted by atomic mass is 35.5. The molecule has 0 spiro atoms. The number of nitrogens with zero attached hydrogens (tertiary/aromatic N) is 3. The Hall–Kier alpha value is -1.46. The van der Waals surface area contributed by atoms with E-state index in [2.05, 4.69) is 45.3 Å². The van der Waals surface area contributed by atoms with Gasteiger partial charge >= 0.3 is 0 Å². The first-order valence-electron chi connectivity index (χ1n) is 9.11. The van der Waals surface area contributed by atoms with E-state index in [0.717, 1.165) is 51.5 Å². The summed E-state index contributed by atoms with van der Waals surface area (Å²) in [6, 6.07) is 12.8. The van der Waals surface area contributed by atoms with Crippen molar-refractivity contribution < 1.29 is 0 Å². The Labute approximate surface area is 165 Å². The third-order valence-corrected chi connectivity index (χ3v) is 5.94. The van der Waals surface area contributed by atoms with Crippen LogP contribution in [0.3, 0.4) is 0 Å². The van der Waals surface area contributed by atoms with Gasteiger partial charge in [-0.3, -0.25) is 0 Å². The summed E-state index contributed by atoms with van der Waals surface area (Å²) in [5.74, 6) is 0. The summed E-state index contributed by atoms with van der Waals surface area (Å²) >= 11 is 12.4. The van der Waals surface area contributed by atoms with E-state index in [1.54, 1.807) is 0 Å². The molecule has 0 atom stereocenters. The number of nitrogens with one attached hydrogen (secondary N) is 1. The van der Waals surface area contributed by atoms with Crippen LogP contribution < -0.4 is 15.1 Å². The van der Waals surface area contributed by atoms with Crippen molar-refractivity contribution in [2.75, 3.05) is 56.1 Å². The van der Waals surface area contributed by atoms with Gasteiger partial charge in [-0.1, -0.05) is 23.2 Å². The Morgan fingerprint density at radius 1 is 0.846 bits per heavy atom. The quantitative estimate of drug-likeness (QED) is 0.836. The molecule has 1 saturated heterocycles. The summed E-state index contributed by atoms with van der Waals surface area (Å²) < 4.78 is 0. The minimum Gasteiger partial charge on any atom is -0.369 e. The number of piperazine rings is 1. The van der Waals surface area contributed by atoms with Crippen LogP contribution in [-0.2, 0) is 6.54 Å². The van der Waals surface area contributed by atoms with Crippen molar-refractivity contribution in [3.05, 3.63) is 52.0 Å². The lowest BCUT2D eigenvalue weighted by molar-refractivity contribution is 0.343. The third kappa shape index (κ3) is 3.65. The number of fused-ring (bicyclic) bond motifs is 1. The highest BCUT2D eigenvalue weighted by molar-refractivity contribution is 6.42. The Morgan fingerprint density at radius 3 is 2.38 bits per heavy atom. The molecule has 6 heteroatoms. The molecule has 0 radical (unpaired) electrons. The molecule has 0 unspecified atom stereocenters. The fraction of sp³-hybridized carbons (Fsp3) is 0.400. The van der Waals surface area contributed by atoms with E-state index in [-0.39, 0.29) is 0 Å². The third-order valence-electron chi connectivity index (χ3n) is 5.20. The van der Waals surface area contributed by atoms with Crippen molar-refractivity contribution in [3.8, 4) is 0 Å². The Balaban J connectivity index is 1.71. The normalized spacial score (nSPS) is 18.6. The first-order chi connectivity index (χ1) is 12.6. The molecule has 0 aliphatic carbocycles. The van der Waals surface area contributed by atoms with Crippen LogP contribution in [0.25, 0.3) is 0 Å². The fourth-order valence-corrected chi connectivity index (χ4v) is 4.06. The maximum Gasteiger partial charge on any atom is 0.0613 e. The molecule has 0 saturated carbocycles. The van der Waals surface area contributed by atoms with Crippen molar-refractivity contribution >= 4 is 40.3 Å². The van der Waals surface area contributed by atoms with Crippen molar-refractivity contribution in [1.82, 2.24) is 10.2 Å². The second-order valence-electron chi connectivity index (χ2n) is 7.04. The van der Waals surface area contributed by atoms with Gasteiger partial charge in [0.25, 0.3) is 0 Å². The summed E-state index contributed by atoms with van der Waals surface area (Å²) in [5.41, 5.74) is 5.01. The predicted molar refractivity (Wildman–Crippen MR) is 111 cm³/mol. The average Bonchev–Trinajstić information content (AvgIpc) is 2.82.